The van der Waals surface area contributed by atoms with Gasteiger partial charge >= 0.3 is 11.7 Å². The second-order valence-electron chi connectivity index (χ2n) is 13.2. The van der Waals surface area contributed by atoms with Crippen LogP contribution in [0, 0.1) is 0 Å². The van der Waals surface area contributed by atoms with Gasteiger partial charge in [-0.3, -0.25) is 24.3 Å². The lowest BCUT2D eigenvalue weighted by Gasteiger charge is -2.26. The van der Waals surface area contributed by atoms with Gasteiger partial charge in [-0.05, 0) is 57.0 Å². The maximum Gasteiger partial charge on any atom is 0.335 e. The molecular weight excluding hydrogens is 735 g/mol. The highest BCUT2D eigenvalue weighted by molar-refractivity contribution is 8.00. The number of nitrogens with one attached hydrogen (secondary N) is 4. The Morgan fingerprint density at radius 3 is 2.33 bits per heavy atom. The molecule has 1 saturated heterocycles. The summed E-state index contributed by atoms with van der Waals surface area (Å²) in [7, 11) is 0. The predicted octanol–water partition coefficient (Wildman–Crippen LogP) is 0.839. The molecule has 3 amide bonds. The van der Waals surface area contributed by atoms with E-state index in [1.165, 1.54) is 9.13 Å². The minimum atomic E-state index is -1.15. The van der Waals surface area contributed by atoms with Crippen molar-refractivity contribution >= 4 is 46.6 Å². The van der Waals surface area contributed by atoms with Crippen LogP contribution in [0.5, 0.6) is 0 Å². The Hall–Kier alpha value is -4.33. The number of hydrogen-bond donors (Lipinski definition) is 5. The number of rotatable bonds is 25. The van der Waals surface area contributed by atoms with E-state index in [2.05, 4.69) is 26.3 Å². The number of aromatic nitrogens is 3. The van der Waals surface area contributed by atoms with Gasteiger partial charge in [0.05, 0.1) is 50.8 Å². The van der Waals surface area contributed by atoms with Crippen LogP contribution in [0.2, 0.25) is 0 Å². The van der Waals surface area contributed by atoms with Crippen molar-refractivity contribution < 1.29 is 43.2 Å². The summed E-state index contributed by atoms with van der Waals surface area (Å²) in [6, 6.07) is 8.47. The van der Waals surface area contributed by atoms with Crippen molar-refractivity contribution in [2.24, 2.45) is 0 Å². The fraction of sp³-hybridized carbons (Fsp3) is 0.568. The Morgan fingerprint density at radius 2 is 1.64 bits per heavy atom. The van der Waals surface area contributed by atoms with Crippen LogP contribution in [0.15, 0.2) is 47.4 Å². The van der Waals surface area contributed by atoms with Gasteiger partial charge in [-0.25, -0.2) is 19.1 Å². The lowest BCUT2D eigenvalue weighted by Crippen LogP contribution is -2.54. The summed E-state index contributed by atoms with van der Waals surface area (Å²) in [6.45, 7) is 9.70. The van der Waals surface area contributed by atoms with Crippen LogP contribution >= 0.6 is 11.8 Å². The smallest absolute Gasteiger partial charge is 0.335 e. The Morgan fingerprint density at radius 1 is 0.945 bits per heavy atom. The molecule has 18 heteroatoms. The number of carbonyl (C=O) groups is 4. The summed E-state index contributed by atoms with van der Waals surface area (Å²) in [5, 5.41) is 21.2. The SMILES string of the molecule is CCOCCOCCCNC(=O)CCOCCOCCNC(=O)Cn1c(=O)n(-c2ccc(C[C@H](NC(=O)[C@H]3NCSC3(C)C)C(=O)O)cc2)c2ncccc21. The second-order valence-corrected chi connectivity index (χ2v) is 14.8. The summed E-state index contributed by atoms with van der Waals surface area (Å²) in [6.07, 6.45) is 2.55. The normalized spacial score (nSPS) is 15.5. The molecule has 2 aromatic heterocycles. The molecule has 4 rings (SSSR count). The molecule has 1 aromatic carbocycles. The van der Waals surface area contributed by atoms with Gasteiger partial charge in [0, 0.05) is 56.0 Å². The van der Waals surface area contributed by atoms with E-state index in [1.807, 2.05) is 20.8 Å². The van der Waals surface area contributed by atoms with Gasteiger partial charge < -0.3 is 40.0 Å². The summed E-state index contributed by atoms with van der Waals surface area (Å²) >= 11 is 1.60. The number of carbonyl (C=O) groups excluding carboxylic acids is 3. The highest BCUT2D eigenvalue weighted by atomic mass is 32.2. The number of pyridine rings is 1. The van der Waals surface area contributed by atoms with Crippen LogP contribution in [0.3, 0.4) is 0 Å². The summed E-state index contributed by atoms with van der Waals surface area (Å²) < 4.78 is 23.9. The first kappa shape index (κ1) is 43.4. The van der Waals surface area contributed by atoms with E-state index < -0.39 is 23.7 Å². The topological polar surface area (TPSA) is 213 Å². The standard InChI is InChI=1S/C37H53N7O10S/c1-4-51-19-20-52-16-6-14-38-30(45)12-17-53-21-22-54-18-15-39-31(46)24-43-29-7-5-13-40-33(29)44(36(43)50)27-10-8-26(9-11-27)23-28(35(48)49)42-34(47)32-37(2,3)55-25-41-32/h5,7-11,13,28,32,41H,4,6,12,14-25H2,1-3H3,(H,38,45)(H,39,46)(H,42,47)(H,48,49)/t28-,32+/m0/s1. The van der Waals surface area contributed by atoms with Gasteiger partial charge in [-0.15, -0.1) is 11.8 Å². The molecule has 0 saturated carbocycles. The summed E-state index contributed by atoms with van der Waals surface area (Å²) in [4.78, 5) is 67.7. The molecule has 3 heterocycles. The molecule has 302 valence electrons. The van der Waals surface area contributed by atoms with Crippen molar-refractivity contribution in [2.45, 2.75) is 63.4 Å². The van der Waals surface area contributed by atoms with Crippen molar-refractivity contribution in [3.63, 3.8) is 0 Å². The molecule has 55 heavy (non-hydrogen) atoms. The van der Waals surface area contributed by atoms with E-state index in [9.17, 15) is 29.1 Å². The average molecular weight is 788 g/mol. The third kappa shape index (κ3) is 13.4. The molecule has 0 spiro atoms. The highest BCUT2D eigenvalue weighted by Gasteiger charge is 2.41. The maximum absolute atomic E-state index is 13.6. The predicted molar refractivity (Wildman–Crippen MR) is 206 cm³/mol. The van der Waals surface area contributed by atoms with Crippen molar-refractivity contribution in [3.05, 3.63) is 58.6 Å². The van der Waals surface area contributed by atoms with Gasteiger partial charge in [0.2, 0.25) is 17.7 Å². The largest absolute Gasteiger partial charge is 0.480 e. The minimum Gasteiger partial charge on any atom is -0.480 e. The Labute approximate surface area is 324 Å². The van der Waals surface area contributed by atoms with E-state index in [4.69, 9.17) is 18.9 Å². The van der Waals surface area contributed by atoms with Gasteiger partial charge in [0.25, 0.3) is 0 Å². The number of hydrogen-bond acceptors (Lipinski definition) is 12. The molecule has 1 aliphatic rings. The summed E-state index contributed by atoms with van der Waals surface area (Å²) in [5.41, 5.74) is 1.47. The number of carboxylic acid groups (broad SMARTS) is 1. The van der Waals surface area contributed by atoms with Gasteiger partial charge in [-0.1, -0.05) is 12.1 Å². The number of thioether (sulfide) groups is 1. The molecule has 0 aliphatic carbocycles. The molecule has 0 radical (unpaired) electrons. The zero-order valence-electron chi connectivity index (χ0n) is 31.7. The molecule has 2 atom stereocenters. The highest BCUT2D eigenvalue weighted by Crippen LogP contribution is 2.33. The van der Waals surface area contributed by atoms with Crippen LogP contribution in [-0.2, 0) is 51.1 Å². The average Bonchev–Trinajstić information content (AvgIpc) is 3.66. The molecule has 0 unspecified atom stereocenters. The van der Waals surface area contributed by atoms with Gasteiger partial charge in [-0.2, -0.15) is 0 Å². The van der Waals surface area contributed by atoms with Crippen molar-refractivity contribution in [1.82, 2.24) is 35.4 Å². The lowest BCUT2D eigenvalue weighted by atomic mass is 10.0. The Balaban J connectivity index is 1.19. The van der Waals surface area contributed by atoms with E-state index in [1.54, 1.807) is 54.4 Å². The minimum absolute atomic E-state index is 0.0415. The first-order chi connectivity index (χ1) is 26.5. The zero-order chi connectivity index (χ0) is 39.6. The number of fused-ring (bicyclic) bond motifs is 1. The molecule has 17 nitrogen and oxygen atoms in total. The van der Waals surface area contributed by atoms with Crippen molar-refractivity contribution in [2.75, 3.05) is 71.8 Å². The quantitative estimate of drug-likeness (QED) is 0.0755. The fourth-order valence-electron chi connectivity index (χ4n) is 5.80. The summed E-state index contributed by atoms with van der Waals surface area (Å²) in [5.74, 6) is -1.41. The monoisotopic (exact) mass is 787 g/mol. The van der Waals surface area contributed by atoms with Gasteiger partial charge in [0.15, 0.2) is 5.65 Å². The number of aliphatic carboxylic acids is 1. The zero-order valence-corrected chi connectivity index (χ0v) is 32.5. The van der Waals surface area contributed by atoms with E-state index in [-0.39, 0.29) is 68.2 Å². The lowest BCUT2D eigenvalue weighted by molar-refractivity contribution is -0.142. The first-order valence-electron chi connectivity index (χ1n) is 18.4. The Kier molecular flexibility index (Phi) is 17.6. The van der Waals surface area contributed by atoms with Crippen LogP contribution in [0.4, 0.5) is 0 Å². The molecule has 0 bridgehead atoms. The van der Waals surface area contributed by atoms with Crippen molar-refractivity contribution in [1.29, 1.82) is 0 Å². The number of amides is 3. The first-order valence-corrected chi connectivity index (χ1v) is 19.4. The number of benzene rings is 1. The van der Waals surface area contributed by atoms with Crippen molar-refractivity contribution in [3.8, 4) is 5.69 Å². The second kappa shape index (κ2) is 22.3. The Bertz CT molecular complexity index is 1760. The van der Waals surface area contributed by atoms with Crippen LogP contribution in [0.25, 0.3) is 16.9 Å². The fourth-order valence-corrected chi connectivity index (χ4v) is 6.77. The molecule has 3 aromatic rings. The third-order valence-corrected chi connectivity index (χ3v) is 10.00. The number of nitrogens with zero attached hydrogens (tertiary/aromatic N) is 3. The van der Waals surface area contributed by atoms with E-state index >= 15 is 0 Å². The number of ether oxygens (including phenoxy) is 4. The number of carboxylic acids is 1. The van der Waals surface area contributed by atoms with Crippen LogP contribution < -0.4 is 27.0 Å². The number of imidazole rings is 1. The molecular formula is C37H53N7O10S. The van der Waals surface area contributed by atoms with Crippen LogP contribution in [-0.4, -0.2) is 132 Å². The van der Waals surface area contributed by atoms with E-state index in [0.29, 0.717) is 67.9 Å². The molecule has 5 N–H and O–H groups in total. The third-order valence-electron chi connectivity index (χ3n) is 8.71. The van der Waals surface area contributed by atoms with Gasteiger partial charge in [0.1, 0.15) is 18.6 Å². The van der Waals surface area contributed by atoms with Crippen LogP contribution in [0.1, 0.15) is 39.2 Å². The molecule has 1 fully saturated rings. The maximum atomic E-state index is 13.6. The molecule has 1 aliphatic heterocycles. The van der Waals surface area contributed by atoms with E-state index in [0.717, 1.165) is 6.42 Å².